The van der Waals surface area contributed by atoms with Gasteiger partial charge in [0.15, 0.2) is 0 Å². The molecule has 4 heteroatoms. The molecule has 0 radical (unpaired) electrons. The molecule has 0 atom stereocenters. The summed E-state index contributed by atoms with van der Waals surface area (Å²) in [6.45, 7) is 0.531. The second-order valence-corrected chi connectivity index (χ2v) is 2.17. The molecule has 0 aromatic carbocycles. The minimum absolute atomic E-state index is 0.0255. The van der Waals surface area contributed by atoms with Crippen LogP contribution >= 0.6 is 0 Å². The molecule has 0 saturated carbocycles. The van der Waals surface area contributed by atoms with Crippen LogP contribution in [-0.4, -0.2) is 23.4 Å². The third-order valence-corrected chi connectivity index (χ3v) is 1.53. The normalized spacial score (nSPS) is 23.0. The van der Waals surface area contributed by atoms with E-state index < -0.39 is 0 Å². The Morgan fingerprint density at radius 3 is 3.40 bits per heavy atom. The molecule has 52 valence electrons. The van der Waals surface area contributed by atoms with Crippen molar-refractivity contribution in [3.8, 4) is 0 Å². The average Bonchev–Trinajstić information content (AvgIpc) is 2.36. The Kier molecular flexibility index (Phi) is 1.07. The van der Waals surface area contributed by atoms with E-state index in [0.29, 0.717) is 6.67 Å². The number of carbonyl (C=O) groups excluding carboxylic acids is 1. The molecule has 2 rings (SSSR count). The molecule has 0 fully saturated rings. The Morgan fingerprint density at radius 1 is 1.70 bits per heavy atom. The van der Waals surface area contributed by atoms with Crippen LogP contribution in [0.25, 0.3) is 0 Å². The van der Waals surface area contributed by atoms with Gasteiger partial charge in [-0.1, -0.05) is 6.08 Å². The first kappa shape index (κ1) is 5.61. The highest BCUT2D eigenvalue weighted by atomic mass is 16.2. The van der Waals surface area contributed by atoms with Crippen molar-refractivity contribution in [2.24, 2.45) is 4.99 Å². The van der Waals surface area contributed by atoms with E-state index in [1.54, 1.807) is 6.08 Å². The maximum absolute atomic E-state index is 11.0. The van der Waals surface area contributed by atoms with Crippen molar-refractivity contribution in [3.05, 3.63) is 12.2 Å². The standard InChI is InChI=1S/C6H7N3O/c10-6-3-1-2-5-7-4-8-9(5)6/h1,3,8H,2,4H2. The lowest BCUT2D eigenvalue weighted by molar-refractivity contribution is -0.124. The number of fused-ring (bicyclic) bond motifs is 1. The topological polar surface area (TPSA) is 44.7 Å². The van der Waals surface area contributed by atoms with Crippen LogP contribution in [0.3, 0.4) is 0 Å². The Bertz CT molecular complexity index is 231. The Hall–Kier alpha value is -1.16. The largest absolute Gasteiger partial charge is 0.268 e. The lowest BCUT2D eigenvalue weighted by Crippen LogP contribution is -2.42. The van der Waals surface area contributed by atoms with Crippen molar-refractivity contribution in [3.63, 3.8) is 0 Å². The molecule has 2 aliphatic heterocycles. The molecule has 2 aliphatic rings. The Balaban J connectivity index is 2.32. The predicted octanol–water partition coefficient (Wildman–Crippen LogP) is -0.351. The van der Waals surface area contributed by atoms with Gasteiger partial charge in [-0.3, -0.25) is 9.79 Å². The van der Waals surface area contributed by atoms with Gasteiger partial charge in [-0.25, -0.2) is 10.4 Å². The third kappa shape index (κ3) is 0.657. The molecule has 1 N–H and O–H groups in total. The fourth-order valence-corrected chi connectivity index (χ4v) is 1.06. The van der Waals surface area contributed by atoms with Gasteiger partial charge in [-0.15, -0.1) is 0 Å². The number of hydrogen-bond donors (Lipinski definition) is 1. The second-order valence-electron chi connectivity index (χ2n) is 2.17. The van der Waals surface area contributed by atoms with Crippen molar-refractivity contribution < 1.29 is 4.79 Å². The molecular formula is C6H7N3O. The number of aliphatic imine (C=N–C) groups is 1. The van der Waals surface area contributed by atoms with E-state index in [9.17, 15) is 4.79 Å². The van der Waals surface area contributed by atoms with E-state index >= 15 is 0 Å². The molecule has 4 nitrogen and oxygen atoms in total. The minimum Gasteiger partial charge on any atom is -0.268 e. The predicted molar refractivity (Wildman–Crippen MR) is 36.0 cm³/mol. The molecule has 0 aliphatic carbocycles. The van der Waals surface area contributed by atoms with Crippen LogP contribution in [0.5, 0.6) is 0 Å². The third-order valence-electron chi connectivity index (χ3n) is 1.53. The zero-order valence-corrected chi connectivity index (χ0v) is 5.37. The number of nitrogens with one attached hydrogen (secondary N) is 1. The zero-order chi connectivity index (χ0) is 6.97. The molecule has 1 amide bonds. The molecule has 0 saturated heterocycles. The highest BCUT2D eigenvalue weighted by Gasteiger charge is 2.23. The average molecular weight is 137 g/mol. The van der Waals surface area contributed by atoms with Crippen molar-refractivity contribution in [1.29, 1.82) is 0 Å². The highest BCUT2D eigenvalue weighted by molar-refractivity contribution is 6.06. The van der Waals surface area contributed by atoms with Crippen LogP contribution in [0, 0.1) is 0 Å². The van der Waals surface area contributed by atoms with Gasteiger partial charge in [0.1, 0.15) is 12.5 Å². The summed E-state index contributed by atoms with van der Waals surface area (Å²) >= 11 is 0. The number of amidine groups is 1. The first-order valence-corrected chi connectivity index (χ1v) is 3.15. The van der Waals surface area contributed by atoms with E-state index in [-0.39, 0.29) is 5.91 Å². The maximum Gasteiger partial charge on any atom is 0.266 e. The van der Waals surface area contributed by atoms with E-state index in [4.69, 9.17) is 0 Å². The number of carbonyl (C=O) groups is 1. The summed E-state index contributed by atoms with van der Waals surface area (Å²) in [5.41, 5.74) is 2.84. The number of rotatable bonds is 0. The number of nitrogens with zero attached hydrogens (tertiary/aromatic N) is 2. The van der Waals surface area contributed by atoms with Gasteiger partial charge in [0, 0.05) is 12.5 Å². The molecule has 10 heavy (non-hydrogen) atoms. The van der Waals surface area contributed by atoms with Gasteiger partial charge < -0.3 is 0 Å². The Morgan fingerprint density at radius 2 is 2.60 bits per heavy atom. The quantitative estimate of drug-likeness (QED) is 0.496. The summed E-state index contributed by atoms with van der Waals surface area (Å²) < 4.78 is 0. The van der Waals surface area contributed by atoms with E-state index in [0.717, 1.165) is 12.3 Å². The van der Waals surface area contributed by atoms with Gasteiger partial charge in [0.05, 0.1) is 0 Å². The van der Waals surface area contributed by atoms with Gasteiger partial charge in [0.25, 0.3) is 5.91 Å². The Labute approximate surface area is 58.2 Å². The van der Waals surface area contributed by atoms with Gasteiger partial charge in [0.2, 0.25) is 0 Å². The highest BCUT2D eigenvalue weighted by Crippen LogP contribution is 2.07. The summed E-state index contributed by atoms with van der Waals surface area (Å²) in [4.78, 5) is 15.0. The number of amides is 1. The smallest absolute Gasteiger partial charge is 0.266 e. The SMILES string of the molecule is O=C1C=CCC2=NCNN12. The van der Waals surface area contributed by atoms with Crippen molar-refractivity contribution in [2.75, 3.05) is 6.67 Å². The molecule has 0 spiro atoms. The molecule has 0 aromatic rings. The van der Waals surface area contributed by atoms with Crippen LogP contribution in [-0.2, 0) is 4.79 Å². The van der Waals surface area contributed by atoms with E-state index in [1.165, 1.54) is 5.01 Å². The first-order chi connectivity index (χ1) is 4.88. The molecule has 0 aromatic heterocycles. The van der Waals surface area contributed by atoms with E-state index in [2.05, 4.69) is 10.4 Å². The van der Waals surface area contributed by atoms with Crippen molar-refractivity contribution in [2.45, 2.75) is 6.42 Å². The molecular weight excluding hydrogens is 130 g/mol. The minimum atomic E-state index is -0.0255. The summed E-state index contributed by atoms with van der Waals surface area (Å²) in [5.74, 6) is 0.801. The van der Waals surface area contributed by atoms with Crippen LogP contribution in [0.2, 0.25) is 0 Å². The second kappa shape index (κ2) is 1.91. The van der Waals surface area contributed by atoms with Crippen LogP contribution in [0.15, 0.2) is 17.1 Å². The van der Waals surface area contributed by atoms with Crippen molar-refractivity contribution in [1.82, 2.24) is 10.4 Å². The lowest BCUT2D eigenvalue weighted by atomic mass is 10.2. The summed E-state index contributed by atoms with van der Waals surface area (Å²) in [6.07, 6.45) is 4.14. The van der Waals surface area contributed by atoms with Crippen LogP contribution < -0.4 is 5.43 Å². The molecule has 0 unspecified atom stereocenters. The van der Waals surface area contributed by atoms with Crippen LogP contribution in [0.4, 0.5) is 0 Å². The molecule has 2 heterocycles. The number of hydrogen-bond acceptors (Lipinski definition) is 3. The maximum atomic E-state index is 11.0. The first-order valence-electron chi connectivity index (χ1n) is 3.15. The summed E-state index contributed by atoms with van der Waals surface area (Å²) in [6, 6.07) is 0. The monoisotopic (exact) mass is 137 g/mol. The van der Waals surface area contributed by atoms with Crippen molar-refractivity contribution >= 4 is 11.7 Å². The summed E-state index contributed by atoms with van der Waals surface area (Å²) in [7, 11) is 0. The molecule has 0 bridgehead atoms. The van der Waals surface area contributed by atoms with E-state index in [1.807, 2.05) is 6.08 Å². The lowest BCUT2D eigenvalue weighted by Gasteiger charge is -2.17. The zero-order valence-electron chi connectivity index (χ0n) is 5.37. The number of hydrazine groups is 1. The van der Waals surface area contributed by atoms with Gasteiger partial charge in [-0.05, 0) is 0 Å². The van der Waals surface area contributed by atoms with Gasteiger partial charge in [-0.2, -0.15) is 0 Å². The van der Waals surface area contributed by atoms with Gasteiger partial charge >= 0.3 is 0 Å². The fourth-order valence-electron chi connectivity index (χ4n) is 1.06. The fraction of sp³-hybridized carbons (Fsp3) is 0.333. The summed E-state index contributed by atoms with van der Waals surface area (Å²) in [5, 5.41) is 1.49. The van der Waals surface area contributed by atoms with Crippen LogP contribution in [0.1, 0.15) is 6.42 Å².